The fraction of sp³-hybridized carbons (Fsp3) is 0.625. The normalized spacial score (nSPS) is 20.1. The summed E-state index contributed by atoms with van der Waals surface area (Å²) in [4.78, 5) is 2.49. The molecule has 1 aliphatic heterocycles. The number of unbranched alkanes of at least 4 members (excludes halogenated alkanes) is 9. The third-order valence-electron chi connectivity index (χ3n) is 7.45. The maximum absolute atomic E-state index is 6.23. The van der Waals surface area contributed by atoms with Gasteiger partial charge in [0.05, 0.1) is 12.2 Å². The smallest absolute Gasteiger partial charge is 0.438 e. The molecule has 38 heavy (non-hydrogen) atoms. The number of rotatable bonds is 17. The molecular formula is C32H50BNO4. The summed E-state index contributed by atoms with van der Waals surface area (Å²) < 4.78 is 24.9. The summed E-state index contributed by atoms with van der Waals surface area (Å²) in [6, 6.07) is 20.0. The minimum Gasteiger partial charge on any atom is -0.488 e. The van der Waals surface area contributed by atoms with E-state index in [4.69, 9.17) is 18.8 Å². The van der Waals surface area contributed by atoms with Crippen LogP contribution in [-0.4, -0.2) is 56.6 Å². The highest BCUT2D eigenvalue weighted by Crippen LogP contribution is 2.20. The van der Waals surface area contributed by atoms with E-state index in [-0.39, 0.29) is 32.1 Å². The van der Waals surface area contributed by atoms with E-state index in [1.54, 1.807) is 0 Å². The minimum atomic E-state index is -0.0780. The molecule has 6 heteroatoms. The fourth-order valence-electron chi connectivity index (χ4n) is 5.06. The van der Waals surface area contributed by atoms with Gasteiger partial charge in [0.15, 0.2) is 0 Å². The van der Waals surface area contributed by atoms with Crippen molar-refractivity contribution in [2.75, 3.05) is 19.6 Å². The summed E-state index contributed by atoms with van der Waals surface area (Å²) in [7, 11) is 0.242. The van der Waals surface area contributed by atoms with Crippen molar-refractivity contribution in [3.63, 3.8) is 0 Å². The van der Waals surface area contributed by atoms with Gasteiger partial charge in [0, 0.05) is 13.1 Å². The quantitative estimate of drug-likeness (QED) is 0.162. The van der Waals surface area contributed by atoms with Gasteiger partial charge in [0.2, 0.25) is 0 Å². The largest absolute Gasteiger partial charge is 0.488 e. The van der Waals surface area contributed by atoms with Crippen LogP contribution in [0, 0.1) is 0 Å². The predicted octanol–water partition coefficient (Wildman–Crippen LogP) is 7.19. The first-order chi connectivity index (χ1) is 18.7. The van der Waals surface area contributed by atoms with Crippen molar-refractivity contribution < 1.29 is 18.8 Å². The van der Waals surface area contributed by atoms with E-state index < -0.39 is 0 Å². The molecule has 1 heterocycles. The van der Waals surface area contributed by atoms with Crippen LogP contribution in [0.4, 0.5) is 0 Å². The van der Waals surface area contributed by atoms with Crippen LogP contribution in [0.15, 0.2) is 60.7 Å². The van der Waals surface area contributed by atoms with Crippen molar-refractivity contribution in [2.45, 2.75) is 109 Å². The Bertz CT molecular complexity index is 782. The fourth-order valence-corrected chi connectivity index (χ4v) is 5.06. The zero-order valence-corrected chi connectivity index (χ0v) is 24.1. The van der Waals surface area contributed by atoms with Crippen LogP contribution in [0.1, 0.15) is 85.0 Å². The van der Waals surface area contributed by atoms with Crippen LogP contribution in [0.5, 0.6) is 11.5 Å². The van der Waals surface area contributed by atoms with Gasteiger partial charge in [0.25, 0.3) is 0 Å². The number of ether oxygens (including phenoxy) is 2. The zero-order chi connectivity index (χ0) is 26.8. The van der Waals surface area contributed by atoms with Gasteiger partial charge >= 0.3 is 7.69 Å². The Labute approximate surface area is 232 Å². The lowest BCUT2D eigenvalue weighted by atomic mass is 10.1. The van der Waals surface area contributed by atoms with E-state index in [1.165, 1.54) is 64.2 Å². The minimum absolute atomic E-state index is 0.0652. The highest BCUT2D eigenvalue weighted by Gasteiger charge is 2.31. The van der Waals surface area contributed by atoms with Gasteiger partial charge in [-0.25, -0.2) is 0 Å². The van der Waals surface area contributed by atoms with Crippen molar-refractivity contribution >= 4 is 7.69 Å². The average molecular weight is 524 g/mol. The van der Waals surface area contributed by atoms with Gasteiger partial charge in [-0.15, -0.1) is 0 Å². The molecule has 0 aromatic heterocycles. The molecule has 0 N–H and O–H groups in total. The van der Waals surface area contributed by atoms with E-state index >= 15 is 0 Å². The molecule has 2 aromatic rings. The maximum Gasteiger partial charge on any atom is 0.438 e. The van der Waals surface area contributed by atoms with E-state index in [0.717, 1.165) is 31.1 Å². The first-order valence-corrected chi connectivity index (χ1v) is 15.0. The molecule has 1 aliphatic rings. The van der Waals surface area contributed by atoms with Gasteiger partial charge in [0.1, 0.15) is 23.7 Å². The Morgan fingerprint density at radius 3 is 1.55 bits per heavy atom. The van der Waals surface area contributed by atoms with E-state index in [2.05, 4.69) is 25.7 Å². The lowest BCUT2D eigenvalue weighted by molar-refractivity contribution is -0.0363. The molecule has 0 saturated carbocycles. The summed E-state index contributed by atoms with van der Waals surface area (Å²) in [6.07, 6.45) is 13.1. The molecule has 5 nitrogen and oxygen atoms in total. The molecule has 2 aromatic carbocycles. The summed E-state index contributed by atoms with van der Waals surface area (Å²) in [5, 5.41) is 0. The first-order valence-electron chi connectivity index (χ1n) is 15.0. The zero-order valence-electron chi connectivity index (χ0n) is 24.1. The van der Waals surface area contributed by atoms with Gasteiger partial charge in [-0.2, -0.15) is 0 Å². The second kappa shape index (κ2) is 18.3. The Hall–Kier alpha value is -2.02. The van der Waals surface area contributed by atoms with E-state index in [9.17, 15) is 0 Å². The van der Waals surface area contributed by atoms with Crippen molar-refractivity contribution in [2.24, 2.45) is 0 Å². The SMILES string of the molecule is CCCCCCCCCCCCN1CC(C(C)Oc2ccccc2)OBOC(C(C)Oc2ccccc2)C1. The number of benzene rings is 2. The van der Waals surface area contributed by atoms with Crippen LogP contribution in [0.2, 0.25) is 0 Å². The second-order valence-corrected chi connectivity index (χ2v) is 10.7. The third-order valence-corrected chi connectivity index (χ3v) is 7.45. The summed E-state index contributed by atoms with van der Waals surface area (Å²) in [5.74, 6) is 1.74. The van der Waals surface area contributed by atoms with Crippen molar-refractivity contribution in [1.29, 1.82) is 0 Å². The molecule has 0 radical (unpaired) electrons. The van der Waals surface area contributed by atoms with Crippen molar-refractivity contribution in [3.05, 3.63) is 60.7 Å². The lowest BCUT2D eigenvalue weighted by Crippen LogP contribution is -2.51. The van der Waals surface area contributed by atoms with Gasteiger partial charge in [-0.1, -0.05) is 101 Å². The number of hydrogen-bond acceptors (Lipinski definition) is 5. The highest BCUT2D eigenvalue weighted by atomic mass is 16.6. The molecule has 0 spiro atoms. The number of hydrogen-bond donors (Lipinski definition) is 0. The molecule has 0 bridgehead atoms. The summed E-state index contributed by atoms with van der Waals surface area (Å²) in [5.41, 5.74) is 0. The Morgan fingerprint density at radius 1 is 0.684 bits per heavy atom. The first kappa shape index (κ1) is 30.5. The Morgan fingerprint density at radius 2 is 1.11 bits per heavy atom. The van der Waals surface area contributed by atoms with Crippen LogP contribution in [0.3, 0.4) is 0 Å². The van der Waals surface area contributed by atoms with Crippen LogP contribution >= 0.6 is 0 Å². The standard InChI is InChI=1S/C32H50BNO4/c1-4-5-6-7-8-9-10-11-12-19-24-34-25-31(27(2)35-29-20-15-13-16-21-29)37-33-38-32(26-34)28(3)36-30-22-17-14-18-23-30/h13-18,20-23,27-28,31-33H,4-12,19,24-26H2,1-3H3. The van der Waals surface area contributed by atoms with Gasteiger partial charge < -0.3 is 18.8 Å². The number of nitrogens with zero attached hydrogens (tertiary/aromatic N) is 1. The monoisotopic (exact) mass is 523 g/mol. The molecule has 1 saturated heterocycles. The third kappa shape index (κ3) is 11.8. The summed E-state index contributed by atoms with van der Waals surface area (Å²) >= 11 is 0. The maximum atomic E-state index is 6.23. The molecule has 4 atom stereocenters. The molecule has 0 aliphatic carbocycles. The van der Waals surface area contributed by atoms with Crippen molar-refractivity contribution in [3.8, 4) is 11.5 Å². The predicted molar refractivity (Wildman–Crippen MR) is 158 cm³/mol. The molecule has 1 fully saturated rings. The van der Waals surface area contributed by atoms with E-state index in [1.807, 2.05) is 60.7 Å². The molecule has 0 amide bonds. The van der Waals surface area contributed by atoms with Crippen LogP contribution in [-0.2, 0) is 9.31 Å². The molecule has 3 rings (SSSR count). The van der Waals surface area contributed by atoms with E-state index in [0.29, 0.717) is 0 Å². The van der Waals surface area contributed by atoms with Crippen LogP contribution < -0.4 is 9.47 Å². The van der Waals surface area contributed by atoms with Crippen molar-refractivity contribution in [1.82, 2.24) is 4.90 Å². The summed E-state index contributed by atoms with van der Waals surface area (Å²) in [6.45, 7) is 9.15. The van der Waals surface area contributed by atoms with Gasteiger partial charge in [-0.05, 0) is 51.1 Å². The number of para-hydroxylation sites is 2. The Balaban J connectivity index is 1.50. The Kier molecular flexibility index (Phi) is 14.7. The molecular weight excluding hydrogens is 473 g/mol. The topological polar surface area (TPSA) is 40.2 Å². The second-order valence-electron chi connectivity index (χ2n) is 10.7. The average Bonchev–Trinajstić information content (AvgIpc) is 2.91. The molecule has 210 valence electrons. The lowest BCUT2D eigenvalue weighted by Gasteiger charge is -2.37. The van der Waals surface area contributed by atoms with Gasteiger partial charge in [-0.3, -0.25) is 4.90 Å². The molecule has 4 unspecified atom stereocenters. The highest BCUT2D eigenvalue weighted by molar-refractivity contribution is 6.18. The van der Waals surface area contributed by atoms with Crippen LogP contribution in [0.25, 0.3) is 0 Å².